The van der Waals surface area contributed by atoms with Crippen molar-refractivity contribution in [1.29, 1.82) is 0 Å². The van der Waals surface area contributed by atoms with E-state index in [0.29, 0.717) is 10.6 Å². The summed E-state index contributed by atoms with van der Waals surface area (Å²) in [5.74, 6) is -0.361. The molecule has 0 bridgehead atoms. The topological polar surface area (TPSA) is 30.7 Å². The predicted octanol–water partition coefficient (Wildman–Crippen LogP) is 3.94. The van der Waals surface area contributed by atoms with Gasteiger partial charge in [-0.15, -0.1) is 0 Å². The van der Waals surface area contributed by atoms with Gasteiger partial charge >= 0.3 is 0 Å². The van der Waals surface area contributed by atoms with Crippen molar-refractivity contribution in [3.05, 3.63) is 59.8 Å². The maximum atomic E-state index is 13.2. The summed E-state index contributed by atoms with van der Waals surface area (Å²) in [7, 11) is 1.84. The molecule has 0 aliphatic heterocycles. The van der Waals surface area contributed by atoms with Crippen LogP contribution in [0.4, 0.5) is 4.39 Å². The third-order valence-corrected chi connectivity index (χ3v) is 3.32. The number of pyridine rings is 1. The molecular formula is C15H11ClFN3. The van der Waals surface area contributed by atoms with Gasteiger partial charge in [0.2, 0.25) is 0 Å². The molecule has 100 valence electrons. The summed E-state index contributed by atoms with van der Waals surface area (Å²) < 4.78 is 14.9. The van der Waals surface area contributed by atoms with Crippen LogP contribution in [0, 0.1) is 5.82 Å². The average molecular weight is 288 g/mol. The molecule has 5 heteroatoms. The quantitative estimate of drug-likeness (QED) is 0.715. The van der Waals surface area contributed by atoms with Crippen LogP contribution in [0.15, 0.2) is 48.9 Å². The second-order valence-electron chi connectivity index (χ2n) is 4.43. The maximum Gasteiger partial charge on any atom is 0.124 e. The number of aryl methyl sites for hydroxylation is 1. The van der Waals surface area contributed by atoms with Crippen molar-refractivity contribution in [3.8, 4) is 22.4 Å². The van der Waals surface area contributed by atoms with E-state index in [0.717, 1.165) is 16.8 Å². The highest BCUT2D eigenvalue weighted by atomic mass is 35.5. The van der Waals surface area contributed by atoms with E-state index in [2.05, 4.69) is 10.1 Å². The second kappa shape index (κ2) is 5.06. The Morgan fingerprint density at radius 3 is 2.55 bits per heavy atom. The standard InChI is InChI=1S/C15H11ClFN3/c1-20-9-13(10-4-6-18-7-5-10)15(19-20)12-3-2-11(17)8-14(12)16/h2-9H,1H3. The zero-order chi connectivity index (χ0) is 14.1. The van der Waals surface area contributed by atoms with E-state index < -0.39 is 0 Å². The Morgan fingerprint density at radius 1 is 1.10 bits per heavy atom. The van der Waals surface area contributed by atoms with Gasteiger partial charge in [0.15, 0.2) is 0 Å². The Kier molecular flexibility index (Phi) is 3.24. The summed E-state index contributed by atoms with van der Waals surface area (Å²) in [6, 6.07) is 8.12. The zero-order valence-corrected chi connectivity index (χ0v) is 11.5. The molecule has 0 radical (unpaired) electrons. The molecule has 0 aliphatic carbocycles. The third-order valence-electron chi connectivity index (χ3n) is 3.01. The molecule has 3 aromatic rings. The van der Waals surface area contributed by atoms with Crippen LogP contribution in [-0.2, 0) is 7.05 Å². The maximum absolute atomic E-state index is 13.2. The molecule has 2 heterocycles. The van der Waals surface area contributed by atoms with Crippen LogP contribution in [0.5, 0.6) is 0 Å². The highest BCUT2D eigenvalue weighted by molar-refractivity contribution is 6.33. The Labute approximate surface area is 120 Å². The van der Waals surface area contributed by atoms with E-state index in [1.165, 1.54) is 12.1 Å². The monoisotopic (exact) mass is 287 g/mol. The smallest absolute Gasteiger partial charge is 0.124 e. The molecule has 1 aromatic carbocycles. The summed E-state index contributed by atoms with van der Waals surface area (Å²) in [4.78, 5) is 4.01. The van der Waals surface area contributed by atoms with Crippen molar-refractivity contribution in [1.82, 2.24) is 14.8 Å². The fraction of sp³-hybridized carbons (Fsp3) is 0.0667. The highest BCUT2D eigenvalue weighted by Crippen LogP contribution is 2.34. The molecule has 0 atom stereocenters. The van der Waals surface area contributed by atoms with E-state index in [1.54, 1.807) is 23.1 Å². The number of halogens is 2. The Balaban J connectivity index is 2.20. The van der Waals surface area contributed by atoms with Crippen molar-refractivity contribution in [2.45, 2.75) is 0 Å². The molecule has 20 heavy (non-hydrogen) atoms. The lowest BCUT2D eigenvalue weighted by atomic mass is 10.0. The SMILES string of the molecule is Cn1cc(-c2ccncc2)c(-c2ccc(F)cc2Cl)n1. The van der Waals surface area contributed by atoms with Crippen molar-refractivity contribution < 1.29 is 4.39 Å². The van der Waals surface area contributed by atoms with E-state index in [1.807, 2.05) is 25.4 Å². The zero-order valence-electron chi connectivity index (χ0n) is 10.7. The van der Waals surface area contributed by atoms with E-state index in [-0.39, 0.29) is 5.82 Å². The highest BCUT2D eigenvalue weighted by Gasteiger charge is 2.15. The molecule has 0 amide bonds. The molecule has 0 saturated carbocycles. The summed E-state index contributed by atoms with van der Waals surface area (Å²) in [5.41, 5.74) is 3.36. The number of nitrogens with zero attached hydrogens (tertiary/aromatic N) is 3. The van der Waals surface area contributed by atoms with Gasteiger partial charge in [-0.25, -0.2) is 4.39 Å². The predicted molar refractivity (Wildman–Crippen MR) is 76.8 cm³/mol. The van der Waals surface area contributed by atoms with Crippen molar-refractivity contribution in [3.63, 3.8) is 0 Å². The molecule has 3 nitrogen and oxygen atoms in total. The van der Waals surface area contributed by atoms with Gasteiger partial charge in [-0.05, 0) is 35.9 Å². The van der Waals surface area contributed by atoms with Gasteiger partial charge in [0.1, 0.15) is 11.5 Å². The second-order valence-corrected chi connectivity index (χ2v) is 4.83. The summed E-state index contributed by atoms with van der Waals surface area (Å²) in [5, 5.41) is 4.78. The third kappa shape index (κ3) is 2.30. The fourth-order valence-corrected chi connectivity index (χ4v) is 2.37. The van der Waals surface area contributed by atoms with Gasteiger partial charge in [0, 0.05) is 36.8 Å². The number of aromatic nitrogens is 3. The minimum absolute atomic E-state index is 0.346. The number of rotatable bonds is 2. The first kappa shape index (κ1) is 12.8. The van der Waals surface area contributed by atoms with Crippen LogP contribution in [0.3, 0.4) is 0 Å². The van der Waals surface area contributed by atoms with Gasteiger partial charge in [-0.3, -0.25) is 9.67 Å². The van der Waals surface area contributed by atoms with Crippen LogP contribution in [-0.4, -0.2) is 14.8 Å². The number of hydrogen-bond acceptors (Lipinski definition) is 2. The van der Waals surface area contributed by atoms with Gasteiger partial charge in [-0.2, -0.15) is 5.10 Å². The molecule has 3 rings (SSSR count). The van der Waals surface area contributed by atoms with Crippen LogP contribution in [0.25, 0.3) is 22.4 Å². The first-order valence-corrected chi connectivity index (χ1v) is 6.42. The number of benzene rings is 1. The van der Waals surface area contributed by atoms with Crippen LogP contribution in [0.2, 0.25) is 5.02 Å². The van der Waals surface area contributed by atoms with E-state index in [9.17, 15) is 4.39 Å². The van der Waals surface area contributed by atoms with E-state index >= 15 is 0 Å². The first-order chi connectivity index (χ1) is 9.65. The lowest BCUT2D eigenvalue weighted by Gasteiger charge is -2.04. The minimum Gasteiger partial charge on any atom is -0.275 e. The van der Waals surface area contributed by atoms with Gasteiger partial charge in [0.05, 0.1) is 5.02 Å². The number of hydrogen-bond donors (Lipinski definition) is 0. The van der Waals surface area contributed by atoms with Crippen LogP contribution >= 0.6 is 11.6 Å². The Bertz CT molecular complexity index is 753. The largest absolute Gasteiger partial charge is 0.275 e. The van der Waals surface area contributed by atoms with Crippen molar-refractivity contribution in [2.75, 3.05) is 0 Å². The van der Waals surface area contributed by atoms with Gasteiger partial charge in [0.25, 0.3) is 0 Å². The summed E-state index contributed by atoms with van der Waals surface area (Å²) >= 11 is 6.13. The molecule has 0 saturated heterocycles. The Hall–Kier alpha value is -2.20. The normalized spacial score (nSPS) is 10.8. The lowest BCUT2D eigenvalue weighted by molar-refractivity contribution is 0.628. The lowest BCUT2D eigenvalue weighted by Crippen LogP contribution is -1.89. The summed E-state index contributed by atoms with van der Waals surface area (Å²) in [6.45, 7) is 0. The molecular weight excluding hydrogens is 277 g/mol. The molecule has 0 fully saturated rings. The minimum atomic E-state index is -0.361. The molecule has 0 spiro atoms. The van der Waals surface area contributed by atoms with Gasteiger partial charge in [-0.1, -0.05) is 11.6 Å². The summed E-state index contributed by atoms with van der Waals surface area (Å²) in [6.07, 6.45) is 5.35. The molecule has 0 aliphatic rings. The van der Waals surface area contributed by atoms with Crippen molar-refractivity contribution in [2.24, 2.45) is 7.05 Å². The Morgan fingerprint density at radius 2 is 1.85 bits per heavy atom. The average Bonchev–Trinajstić information content (AvgIpc) is 2.81. The molecule has 0 N–H and O–H groups in total. The molecule has 0 unspecified atom stereocenters. The van der Waals surface area contributed by atoms with Gasteiger partial charge < -0.3 is 0 Å². The molecule has 2 aromatic heterocycles. The van der Waals surface area contributed by atoms with Crippen molar-refractivity contribution >= 4 is 11.6 Å². The fourth-order valence-electron chi connectivity index (χ4n) is 2.11. The van der Waals surface area contributed by atoms with Crippen LogP contribution < -0.4 is 0 Å². The van der Waals surface area contributed by atoms with Crippen LogP contribution in [0.1, 0.15) is 0 Å². The van der Waals surface area contributed by atoms with E-state index in [4.69, 9.17) is 11.6 Å². The first-order valence-electron chi connectivity index (χ1n) is 6.04.